The Morgan fingerprint density at radius 2 is 1.76 bits per heavy atom. The first kappa shape index (κ1) is 12.4. The van der Waals surface area contributed by atoms with Gasteiger partial charge in [0.1, 0.15) is 0 Å². The van der Waals surface area contributed by atoms with E-state index in [1.807, 2.05) is 0 Å². The fourth-order valence-electron chi connectivity index (χ4n) is 2.81. The van der Waals surface area contributed by atoms with Gasteiger partial charge in [-0.2, -0.15) is 0 Å². The highest BCUT2D eigenvalue weighted by Crippen LogP contribution is 2.42. The summed E-state index contributed by atoms with van der Waals surface area (Å²) in [6.07, 6.45) is 3.80. The third-order valence-electron chi connectivity index (χ3n) is 3.68. The van der Waals surface area contributed by atoms with E-state index < -0.39 is 0 Å². The van der Waals surface area contributed by atoms with Crippen LogP contribution in [0, 0.1) is 0 Å². The number of fused-ring (bicyclic) bond motifs is 2. The number of anilines is 1. The van der Waals surface area contributed by atoms with Crippen molar-refractivity contribution in [1.29, 1.82) is 0 Å². The molecule has 0 saturated carbocycles. The van der Waals surface area contributed by atoms with E-state index in [0.29, 0.717) is 5.41 Å². The van der Waals surface area contributed by atoms with E-state index in [1.165, 1.54) is 24.9 Å². The maximum atomic E-state index is 3.53. The summed E-state index contributed by atoms with van der Waals surface area (Å²) in [5.74, 6) is 0. The normalized spacial score (nSPS) is 20.1. The van der Waals surface area contributed by atoms with E-state index >= 15 is 0 Å². The molecule has 94 valence electrons. The largest absolute Gasteiger partial charge is 0.384 e. The summed E-state index contributed by atoms with van der Waals surface area (Å²) in [4.78, 5) is 0. The molecule has 17 heavy (non-hydrogen) atoms. The molecule has 1 spiro atoms. The lowest BCUT2D eigenvalue weighted by Gasteiger charge is -2.33. The van der Waals surface area contributed by atoms with E-state index in [4.69, 9.17) is 0 Å². The lowest BCUT2D eigenvalue weighted by atomic mass is 9.75. The van der Waals surface area contributed by atoms with Gasteiger partial charge in [-0.15, -0.1) is 0 Å². The van der Waals surface area contributed by atoms with Crippen molar-refractivity contribution in [3.63, 3.8) is 0 Å². The highest BCUT2D eigenvalue weighted by Gasteiger charge is 2.39. The molecule has 0 radical (unpaired) electrons. The van der Waals surface area contributed by atoms with Gasteiger partial charge >= 0.3 is 0 Å². The van der Waals surface area contributed by atoms with Gasteiger partial charge in [-0.3, -0.25) is 0 Å². The quantitative estimate of drug-likeness (QED) is 0.718. The molecule has 1 aromatic rings. The fourth-order valence-corrected chi connectivity index (χ4v) is 2.81. The molecule has 2 heteroatoms. The van der Waals surface area contributed by atoms with Crippen LogP contribution in [0.15, 0.2) is 24.3 Å². The zero-order valence-electron chi connectivity index (χ0n) is 11.1. The van der Waals surface area contributed by atoms with Crippen molar-refractivity contribution in [1.82, 2.24) is 5.32 Å². The predicted octanol–water partition coefficient (Wildman–Crippen LogP) is 3.15. The molecule has 0 atom stereocenters. The molecule has 3 rings (SSSR count). The number of rotatable bonds is 0. The predicted molar refractivity (Wildman–Crippen MR) is 74.7 cm³/mol. The first-order valence-electron chi connectivity index (χ1n) is 6.86. The Balaban J connectivity index is 0.000000329. The van der Waals surface area contributed by atoms with Crippen LogP contribution in [0.3, 0.4) is 0 Å². The number of hydrogen-bond acceptors (Lipinski definition) is 2. The van der Waals surface area contributed by atoms with E-state index in [-0.39, 0.29) is 0 Å². The molecular weight excluding hydrogens is 208 g/mol. The third kappa shape index (κ3) is 2.47. The van der Waals surface area contributed by atoms with Gasteiger partial charge in [0.05, 0.1) is 0 Å². The fraction of sp³-hybridized carbons (Fsp3) is 0.600. The van der Waals surface area contributed by atoms with Crippen LogP contribution in [-0.2, 0) is 5.41 Å². The molecule has 0 aliphatic carbocycles. The minimum atomic E-state index is 0.432. The van der Waals surface area contributed by atoms with Gasteiger partial charge in [0.25, 0.3) is 0 Å². The Kier molecular flexibility index (Phi) is 4.06. The lowest BCUT2D eigenvalue weighted by molar-refractivity contribution is 0.335. The monoisotopic (exact) mass is 232 g/mol. The van der Waals surface area contributed by atoms with Gasteiger partial charge in [-0.25, -0.2) is 0 Å². The minimum Gasteiger partial charge on any atom is -0.384 e. The van der Waals surface area contributed by atoms with Crippen molar-refractivity contribution in [2.24, 2.45) is 0 Å². The first-order chi connectivity index (χ1) is 8.32. The molecule has 0 unspecified atom stereocenters. The molecule has 1 aromatic carbocycles. The Hall–Kier alpha value is -1.02. The third-order valence-corrected chi connectivity index (χ3v) is 3.68. The van der Waals surface area contributed by atoms with Crippen molar-refractivity contribution >= 4 is 5.69 Å². The van der Waals surface area contributed by atoms with Crippen molar-refractivity contribution in [3.8, 4) is 0 Å². The van der Waals surface area contributed by atoms with E-state index in [9.17, 15) is 0 Å². The second kappa shape index (κ2) is 5.54. The van der Waals surface area contributed by atoms with Crippen molar-refractivity contribution in [2.45, 2.75) is 38.5 Å². The van der Waals surface area contributed by atoms with Crippen LogP contribution < -0.4 is 10.6 Å². The smallest absolute Gasteiger partial charge is 0.0379 e. The minimum absolute atomic E-state index is 0.432. The summed E-state index contributed by atoms with van der Waals surface area (Å²) < 4.78 is 0. The highest BCUT2D eigenvalue weighted by atomic mass is 15.0. The van der Waals surface area contributed by atoms with Gasteiger partial charge in [0.2, 0.25) is 0 Å². The number of para-hydroxylation sites is 1. The SMILES string of the molecule is CCC.c1ccc2c(c1)NCC21CCNCC1. The van der Waals surface area contributed by atoms with Gasteiger partial charge in [-0.05, 0) is 37.6 Å². The van der Waals surface area contributed by atoms with Gasteiger partial charge in [0.15, 0.2) is 0 Å². The number of benzene rings is 1. The summed E-state index contributed by atoms with van der Waals surface area (Å²) in [6.45, 7) is 7.71. The summed E-state index contributed by atoms with van der Waals surface area (Å²) >= 11 is 0. The maximum absolute atomic E-state index is 3.53. The van der Waals surface area contributed by atoms with Gasteiger partial charge < -0.3 is 10.6 Å². The number of hydrogen-bond donors (Lipinski definition) is 2. The number of nitrogens with one attached hydrogen (secondary N) is 2. The van der Waals surface area contributed by atoms with Crippen LogP contribution >= 0.6 is 0 Å². The Morgan fingerprint density at radius 3 is 2.47 bits per heavy atom. The van der Waals surface area contributed by atoms with Crippen molar-refractivity contribution in [3.05, 3.63) is 29.8 Å². The average Bonchev–Trinajstić information content (AvgIpc) is 2.71. The maximum Gasteiger partial charge on any atom is 0.0379 e. The molecule has 2 N–H and O–H groups in total. The second-order valence-electron chi connectivity index (χ2n) is 5.14. The number of piperidine rings is 1. The van der Waals surface area contributed by atoms with Gasteiger partial charge in [0, 0.05) is 17.6 Å². The molecule has 2 aliphatic heterocycles. The van der Waals surface area contributed by atoms with Crippen LogP contribution in [-0.4, -0.2) is 19.6 Å². The summed E-state index contributed by atoms with van der Waals surface area (Å²) in [5.41, 5.74) is 3.33. The Labute approximate surface area is 105 Å². The van der Waals surface area contributed by atoms with Crippen molar-refractivity contribution in [2.75, 3.05) is 25.0 Å². The lowest BCUT2D eigenvalue weighted by Crippen LogP contribution is -2.41. The van der Waals surface area contributed by atoms with Crippen LogP contribution in [0.4, 0.5) is 5.69 Å². The molecule has 0 amide bonds. The van der Waals surface area contributed by atoms with Crippen LogP contribution in [0.1, 0.15) is 38.7 Å². The molecule has 0 bridgehead atoms. The molecule has 0 aromatic heterocycles. The molecule has 2 heterocycles. The zero-order chi connectivity index (χ0) is 12.1. The van der Waals surface area contributed by atoms with E-state index in [0.717, 1.165) is 19.6 Å². The van der Waals surface area contributed by atoms with E-state index in [2.05, 4.69) is 48.7 Å². The topological polar surface area (TPSA) is 24.1 Å². The molecular formula is C15H24N2. The van der Waals surface area contributed by atoms with Gasteiger partial charge in [-0.1, -0.05) is 38.5 Å². The standard InChI is InChI=1S/C12H16N2.C3H8/c1-2-4-11-10(3-1)12(9-14-11)5-7-13-8-6-12;1-3-2/h1-4,13-14H,5-9H2;3H2,1-2H3. The van der Waals surface area contributed by atoms with Crippen molar-refractivity contribution < 1.29 is 0 Å². The zero-order valence-corrected chi connectivity index (χ0v) is 11.1. The highest BCUT2D eigenvalue weighted by molar-refractivity contribution is 5.60. The Bertz CT molecular complexity index is 348. The van der Waals surface area contributed by atoms with Crippen LogP contribution in [0.5, 0.6) is 0 Å². The molecule has 1 fully saturated rings. The Morgan fingerprint density at radius 1 is 1.12 bits per heavy atom. The van der Waals surface area contributed by atoms with Crippen LogP contribution in [0.2, 0.25) is 0 Å². The molecule has 2 nitrogen and oxygen atoms in total. The molecule has 2 aliphatic rings. The summed E-state index contributed by atoms with van der Waals surface area (Å²) in [5, 5.41) is 6.97. The summed E-state index contributed by atoms with van der Waals surface area (Å²) in [7, 11) is 0. The van der Waals surface area contributed by atoms with Crippen LogP contribution in [0.25, 0.3) is 0 Å². The molecule has 1 saturated heterocycles. The second-order valence-corrected chi connectivity index (χ2v) is 5.14. The van der Waals surface area contributed by atoms with E-state index in [1.54, 1.807) is 5.56 Å². The first-order valence-corrected chi connectivity index (χ1v) is 6.86. The summed E-state index contributed by atoms with van der Waals surface area (Å²) in [6, 6.07) is 8.77. The average molecular weight is 232 g/mol.